The fourth-order valence-electron chi connectivity index (χ4n) is 2.88. The lowest BCUT2D eigenvalue weighted by molar-refractivity contribution is 0.261. The van der Waals surface area contributed by atoms with E-state index < -0.39 is 0 Å². The molecule has 1 atom stereocenters. The first kappa shape index (κ1) is 12.2. The molecule has 98 valence electrons. The topological polar surface area (TPSA) is 15.3 Å². The van der Waals surface area contributed by atoms with E-state index in [-0.39, 0.29) is 0 Å². The van der Waals surface area contributed by atoms with Gasteiger partial charge in [0.2, 0.25) is 0 Å². The average molecular weight is 244 g/mol. The van der Waals surface area contributed by atoms with Crippen LogP contribution in [0.25, 0.3) is 0 Å². The molecule has 0 bridgehead atoms. The summed E-state index contributed by atoms with van der Waals surface area (Å²) in [4.78, 5) is 2.66. The highest BCUT2D eigenvalue weighted by molar-refractivity contribution is 5.19. The van der Waals surface area contributed by atoms with Crippen LogP contribution in [0.15, 0.2) is 30.3 Å². The number of rotatable bonds is 4. The predicted molar refractivity (Wildman–Crippen MR) is 75.6 cm³/mol. The summed E-state index contributed by atoms with van der Waals surface area (Å²) in [6.07, 6.45) is 5.66. The molecule has 1 aromatic rings. The van der Waals surface area contributed by atoms with E-state index in [1.165, 1.54) is 50.9 Å². The van der Waals surface area contributed by atoms with Gasteiger partial charge in [0.1, 0.15) is 0 Å². The van der Waals surface area contributed by atoms with E-state index in [2.05, 4.69) is 40.5 Å². The van der Waals surface area contributed by atoms with Gasteiger partial charge < -0.3 is 10.2 Å². The van der Waals surface area contributed by atoms with Gasteiger partial charge in [0.15, 0.2) is 0 Å². The monoisotopic (exact) mass is 244 g/mol. The van der Waals surface area contributed by atoms with Crippen LogP contribution in [0.3, 0.4) is 0 Å². The van der Waals surface area contributed by atoms with Crippen molar-refractivity contribution in [1.82, 2.24) is 10.2 Å². The zero-order valence-corrected chi connectivity index (χ0v) is 11.1. The second-order valence-corrected chi connectivity index (χ2v) is 5.80. The lowest BCUT2D eigenvalue weighted by atomic mass is 10.1. The van der Waals surface area contributed by atoms with Crippen molar-refractivity contribution >= 4 is 0 Å². The molecule has 0 amide bonds. The van der Waals surface area contributed by atoms with Crippen molar-refractivity contribution < 1.29 is 0 Å². The minimum Gasteiger partial charge on any atom is -0.309 e. The quantitative estimate of drug-likeness (QED) is 0.876. The third-order valence-electron chi connectivity index (χ3n) is 4.24. The Kier molecular flexibility index (Phi) is 3.96. The van der Waals surface area contributed by atoms with Gasteiger partial charge in [-0.15, -0.1) is 0 Å². The molecule has 18 heavy (non-hydrogen) atoms. The Morgan fingerprint density at radius 1 is 1.17 bits per heavy atom. The Balaban J connectivity index is 1.59. The predicted octanol–water partition coefficient (Wildman–Crippen LogP) is 2.82. The molecular weight excluding hydrogens is 220 g/mol. The van der Waals surface area contributed by atoms with Gasteiger partial charge in [0.25, 0.3) is 0 Å². The third-order valence-corrected chi connectivity index (χ3v) is 4.24. The second kappa shape index (κ2) is 5.85. The lowest BCUT2D eigenvalue weighted by Gasteiger charge is -2.24. The molecule has 0 spiro atoms. The molecule has 1 unspecified atom stereocenters. The van der Waals surface area contributed by atoms with Crippen LogP contribution in [0.1, 0.15) is 37.3 Å². The number of hydrogen-bond donors (Lipinski definition) is 1. The SMILES string of the molecule is c1ccc(C2CN(CCC3CC3)CCCN2)cc1. The van der Waals surface area contributed by atoms with E-state index in [9.17, 15) is 0 Å². The Hall–Kier alpha value is -0.860. The van der Waals surface area contributed by atoms with Crippen molar-refractivity contribution in [1.29, 1.82) is 0 Å². The number of nitrogens with zero attached hydrogens (tertiary/aromatic N) is 1. The molecule has 0 aromatic heterocycles. The summed E-state index contributed by atoms with van der Waals surface area (Å²) < 4.78 is 0. The zero-order valence-electron chi connectivity index (χ0n) is 11.1. The summed E-state index contributed by atoms with van der Waals surface area (Å²) >= 11 is 0. The van der Waals surface area contributed by atoms with E-state index in [0.29, 0.717) is 6.04 Å². The maximum atomic E-state index is 3.69. The largest absolute Gasteiger partial charge is 0.309 e. The summed E-state index contributed by atoms with van der Waals surface area (Å²) in [5, 5.41) is 3.69. The van der Waals surface area contributed by atoms with Crippen molar-refractivity contribution in [2.24, 2.45) is 5.92 Å². The van der Waals surface area contributed by atoms with Crippen molar-refractivity contribution in [2.75, 3.05) is 26.2 Å². The van der Waals surface area contributed by atoms with Crippen LogP contribution in [0.5, 0.6) is 0 Å². The molecule has 1 heterocycles. The molecule has 2 aliphatic rings. The van der Waals surface area contributed by atoms with Gasteiger partial charge in [-0.2, -0.15) is 0 Å². The van der Waals surface area contributed by atoms with Crippen LogP contribution in [0.4, 0.5) is 0 Å². The number of hydrogen-bond acceptors (Lipinski definition) is 2. The Labute approximate surface area is 110 Å². The van der Waals surface area contributed by atoms with Gasteiger partial charge in [-0.1, -0.05) is 43.2 Å². The molecule has 2 fully saturated rings. The van der Waals surface area contributed by atoms with Crippen molar-refractivity contribution in [2.45, 2.75) is 31.7 Å². The summed E-state index contributed by atoms with van der Waals surface area (Å²) in [7, 11) is 0. The Morgan fingerprint density at radius 3 is 2.78 bits per heavy atom. The van der Waals surface area contributed by atoms with E-state index in [4.69, 9.17) is 0 Å². The highest BCUT2D eigenvalue weighted by Crippen LogP contribution is 2.32. The Bertz CT molecular complexity index is 359. The molecule has 1 aliphatic carbocycles. The number of nitrogens with one attached hydrogen (secondary N) is 1. The first-order valence-corrected chi connectivity index (χ1v) is 7.42. The molecule has 0 radical (unpaired) electrons. The van der Waals surface area contributed by atoms with E-state index in [1.54, 1.807) is 0 Å². The average Bonchev–Trinajstić information content (AvgIpc) is 3.24. The van der Waals surface area contributed by atoms with Crippen LogP contribution >= 0.6 is 0 Å². The summed E-state index contributed by atoms with van der Waals surface area (Å²) in [5.74, 6) is 1.05. The minimum absolute atomic E-state index is 0.521. The molecule has 1 saturated carbocycles. The molecule has 1 N–H and O–H groups in total. The van der Waals surface area contributed by atoms with Crippen molar-refractivity contribution in [3.05, 3.63) is 35.9 Å². The normalized spacial score (nSPS) is 25.9. The molecule has 3 rings (SSSR count). The fraction of sp³-hybridized carbons (Fsp3) is 0.625. The van der Waals surface area contributed by atoms with Gasteiger partial charge in [-0.3, -0.25) is 0 Å². The third kappa shape index (κ3) is 3.33. The van der Waals surface area contributed by atoms with E-state index >= 15 is 0 Å². The summed E-state index contributed by atoms with van der Waals surface area (Å²) in [6, 6.07) is 11.4. The van der Waals surface area contributed by atoms with Crippen LogP contribution in [-0.4, -0.2) is 31.1 Å². The van der Waals surface area contributed by atoms with Crippen LogP contribution in [0, 0.1) is 5.92 Å². The first-order chi connectivity index (χ1) is 8.92. The molecule has 1 aliphatic heterocycles. The van der Waals surface area contributed by atoms with Gasteiger partial charge in [0.05, 0.1) is 0 Å². The van der Waals surface area contributed by atoms with Gasteiger partial charge in [-0.05, 0) is 44.0 Å². The lowest BCUT2D eigenvalue weighted by Crippen LogP contribution is -2.32. The second-order valence-electron chi connectivity index (χ2n) is 5.80. The maximum absolute atomic E-state index is 3.69. The van der Waals surface area contributed by atoms with Crippen LogP contribution < -0.4 is 5.32 Å². The van der Waals surface area contributed by atoms with Crippen LogP contribution in [0.2, 0.25) is 0 Å². The number of benzene rings is 1. The van der Waals surface area contributed by atoms with Gasteiger partial charge >= 0.3 is 0 Å². The van der Waals surface area contributed by atoms with Crippen LogP contribution in [-0.2, 0) is 0 Å². The van der Waals surface area contributed by atoms with Gasteiger partial charge in [0, 0.05) is 12.6 Å². The summed E-state index contributed by atoms with van der Waals surface area (Å²) in [5.41, 5.74) is 1.44. The molecule has 1 aromatic carbocycles. The maximum Gasteiger partial charge on any atom is 0.0449 e. The highest BCUT2D eigenvalue weighted by atomic mass is 15.2. The molecule has 2 heteroatoms. The first-order valence-electron chi connectivity index (χ1n) is 7.42. The molecule has 1 saturated heterocycles. The zero-order chi connectivity index (χ0) is 12.2. The van der Waals surface area contributed by atoms with E-state index in [0.717, 1.165) is 12.5 Å². The smallest absolute Gasteiger partial charge is 0.0449 e. The minimum atomic E-state index is 0.521. The molecule has 2 nitrogen and oxygen atoms in total. The van der Waals surface area contributed by atoms with E-state index in [1.807, 2.05) is 0 Å². The Morgan fingerprint density at radius 2 is 2.00 bits per heavy atom. The standard InChI is InChI=1S/C16H24N2/c1-2-5-15(6-3-1)16-13-18(11-4-10-17-16)12-9-14-7-8-14/h1-3,5-6,14,16-17H,4,7-13H2. The van der Waals surface area contributed by atoms with Crippen molar-refractivity contribution in [3.63, 3.8) is 0 Å². The highest BCUT2D eigenvalue weighted by Gasteiger charge is 2.24. The van der Waals surface area contributed by atoms with Crippen molar-refractivity contribution in [3.8, 4) is 0 Å². The van der Waals surface area contributed by atoms with Gasteiger partial charge in [-0.25, -0.2) is 0 Å². The summed E-state index contributed by atoms with van der Waals surface area (Å²) in [6.45, 7) is 4.90. The fourth-order valence-corrected chi connectivity index (χ4v) is 2.88. The molecular formula is C16H24N2.